The fraction of sp³-hybridized carbons (Fsp3) is 0.136. The van der Waals surface area contributed by atoms with Gasteiger partial charge in [-0.2, -0.15) is 0 Å². The molecule has 0 atom stereocenters. The Hall–Kier alpha value is -4.27. The Kier molecular flexibility index (Phi) is 4.75. The largest absolute Gasteiger partial charge is 0.459 e. The molecule has 5 rings (SSSR count). The molecule has 0 saturated carbocycles. The van der Waals surface area contributed by atoms with Gasteiger partial charge in [0, 0.05) is 11.8 Å². The third-order valence-electron chi connectivity index (χ3n) is 4.84. The van der Waals surface area contributed by atoms with Crippen molar-refractivity contribution in [1.29, 1.82) is 0 Å². The number of hydrogen-bond acceptors (Lipinski definition) is 6. The monoisotopic (exact) mass is 418 g/mol. The van der Waals surface area contributed by atoms with Crippen LogP contribution >= 0.6 is 0 Å². The summed E-state index contributed by atoms with van der Waals surface area (Å²) in [5, 5.41) is 5.64. The maximum atomic E-state index is 12.8. The van der Waals surface area contributed by atoms with Crippen LogP contribution in [-0.4, -0.2) is 28.2 Å². The van der Waals surface area contributed by atoms with Crippen molar-refractivity contribution in [3.05, 3.63) is 72.4 Å². The number of nitrogens with zero attached hydrogens (tertiary/aromatic N) is 2. The van der Waals surface area contributed by atoms with Crippen LogP contribution in [0.5, 0.6) is 11.5 Å². The van der Waals surface area contributed by atoms with Gasteiger partial charge in [0.2, 0.25) is 12.7 Å². The van der Waals surface area contributed by atoms with Crippen LogP contribution in [0.25, 0.3) is 11.0 Å². The number of rotatable bonds is 6. The van der Waals surface area contributed by atoms with Gasteiger partial charge in [-0.05, 0) is 36.4 Å². The van der Waals surface area contributed by atoms with Gasteiger partial charge in [0.1, 0.15) is 12.4 Å². The summed E-state index contributed by atoms with van der Waals surface area (Å²) >= 11 is 0. The first-order chi connectivity index (χ1) is 15.2. The van der Waals surface area contributed by atoms with Gasteiger partial charge in [0.25, 0.3) is 5.91 Å². The van der Waals surface area contributed by atoms with Gasteiger partial charge < -0.3 is 29.1 Å². The molecule has 2 aromatic heterocycles. The van der Waals surface area contributed by atoms with Crippen LogP contribution < -0.4 is 20.1 Å². The minimum Gasteiger partial charge on any atom is -0.459 e. The molecule has 2 amide bonds. The van der Waals surface area contributed by atoms with Gasteiger partial charge in [0.05, 0.1) is 23.8 Å². The zero-order valence-corrected chi connectivity index (χ0v) is 16.3. The first kappa shape index (κ1) is 18.7. The second kappa shape index (κ2) is 7.86. The molecule has 0 bridgehead atoms. The zero-order chi connectivity index (χ0) is 21.2. The number of furan rings is 1. The molecule has 0 aliphatic carbocycles. The van der Waals surface area contributed by atoms with Gasteiger partial charge in [-0.15, -0.1) is 0 Å². The highest BCUT2D eigenvalue weighted by Crippen LogP contribution is 2.34. The number of imidazole rings is 1. The minimum atomic E-state index is -0.353. The minimum absolute atomic E-state index is 0.0287. The summed E-state index contributed by atoms with van der Waals surface area (Å²) in [6.45, 7) is 0.341. The molecule has 1 aliphatic heterocycles. The lowest BCUT2D eigenvalue weighted by atomic mass is 10.2. The molecule has 0 radical (unpaired) electrons. The fourth-order valence-corrected chi connectivity index (χ4v) is 3.41. The normalized spacial score (nSPS) is 12.1. The van der Waals surface area contributed by atoms with E-state index in [-0.39, 0.29) is 37.5 Å². The molecule has 31 heavy (non-hydrogen) atoms. The van der Waals surface area contributed by atoms with Gasteiger partial charge in [-0.3, -0.25) is 9.59 Å². The summed E-state index contributed by atoms with van der Waals surface area (Å²) in [5.74, 6) is 1.42. The third-order valence-corrected chi connectivity index (χ3v) is 4.84. The van der Waals surface area contributed by atoms with Crippen LogP contribution in [0.3, 0.4) is 0 Å². The van der Waals surface area contributed by atoms with E-state index in [1.807, 2.05) is 24.3 Å². The number of carbonyl (C=O) groups is 2. The van der Waals surface area contributed by atoms with Crippen molar-refractivity contribution < 1.29 is 23.5 Å². The first-order valence-electron chi connectivity index (χ1n) is 9.63. The number of carbonyl (C=O) groups excluding carboxylic acids is 2. The number of para-hydroxylation sites is 2. The lowest BCUT2D eigenvalue weighted by Crippen LogP contribution is -2.26. The van der Waals surface area contributed by atoms with E-state index in [4.69, 9.17) is 13.9 Å². The number of benzene rings is 2. The maximum Gasteiger partial charge on any atom is 0.287 e. The topological polar surface area (TPSA) is 108 Å². The highest BCUT2D eigenvalue weighted by atomic mass is 16.7. The molecule has 9 heteroatoms. The molecule has 4 aromatic rings. The summed E-state index contributed by atoms with van der Waals surface area (Å²) in [6, 6.07) is 15.9. The first-order valence-corrected chi connectivity index (χ1v) is 9.63. The van der Waals surface area contributed by atoms with Crippen molar-refractivity contribution in [1.82, 2.24) is 14.9 Å². The van der Waals surface area contributed by atoms with Crippen molar-refractivity contribution in [3.63, 3.8) is 0 Å². The summed E-state index contributed by atoms with van der Waals surface area (Å²) in [5.41, 5.74) is 2.14. The average Bonchev–Trinajstić information content (AvgIpc) is 3.52. The van der Waals surface area contributed by atoms with E-state index in [0.717, 1.165) is 11.0 Å². The van der Waals surface area contributed by atoms with E-state index >= 15 is 0 Å². The van der Waals surface area contributed by atoms with Gasteiger partial charge in [-0.25, -0.2) is 4.98 Å². The molecule has 2 N–H and O–H groups in total. The van der Waals surface area contributed by atoms with E-state index < -0.39 is 0 Å². The Morgan fingerprint density at radius 3 is 2.77 bits per heavy atom. The molecule has 156 valence electrons. The van der Waals surface area contributed by atoms with E-state index in [1.54, 1.807) is 34.9 Å². The number of fused-ring (bicyclic) bond motifs is 2. The van der Waals surface area contributed by atoms with Gasteiger partial charge >= 0.3 is 0 Å². The summed E-state index contributed by atoms with van der Waals surface area (Å²) in [6.07, 6.45) is 1.44. The van der Waals surface area contributed by atoms with Crippen LogP contribution in [0.4, 0.5) is 5.69 Å². The lowest BCUT2D eigenvalue weighted by Gasteiger charge is -2.11. The molecule has 0 fully saturated rings. The van der Waals surface area contributed by atoms with Crippen LogP contribution in [0, 0.1) is 0 Å². The molecule has 9 nitrogen and oxygen atoms in total. The standard InChI is InChI=1S/C22H18N4O5/c27-21(24-14-7-8-17-19(10-14)31-13-30-17)12-26-16-5-2-1-4-15(16)25-20(26)11-23-22(28)18-6-3-9-29-18/h1-10H,11-13H2,(H,23,28)(H,24,27). The predicted octanol–water partition coefficient (Wildman–Crippen LogP) is 2.93. The van der Waals surface area contributed by atoms with Crippen molar-refractivity contribution in [2.24, 2.45) is 0 Å². The van der Waals surface area contributed by atoms with E-state index in [9.17, 15) is 9.59 Å². The van der Waals surface area contributed by atoms with Crippen LogP contribution in [0.1, 0.15) is 16.4 Å². The van der Waals surface area contributed by atoms with Crippen molar-refractivity contribution in [2.45, 2.75) is 13.1 Å². The quantitative estimate of drug-likeness (QED) is 0.499. The lowest BCUT2D eigenvalue weighted by molar-refractivity contribution is -0.116. The molecule has 0 saturated heterocycles. The number of ether oxygens (including phenoxy) is 2. The van der Waals surface area contributed by atoms with Gasteiger partial charge in [-0.1, -0.05) is 12.1 Å². The van der Waals surface area contributed by atoms with Gasteiger partial charge in [0.15, 0.2) is 17.3 Å². The number of aromatic nitrogens is 2. The van der Waals surface area contributed by atoms with E-state index in [1.165, 1.54) is 6.26 Å². The second-order valence-electron chi connectivity index (χ2n) is 6.88. The molecule has 0 unspecified atom stereocenters. The highest BCUT2D eigenvalue weighted by molar-refractivity contribution is 5.92. The zero-order valence-electron chi connectivity index (χ0n) is 16.3. The van der Waals surface area contributed by atoms with Crippen molar-refractivity contribution in [3.8, 4) is 11.5 Å². The van der Waals surface area contributed by atoms with Crippen LogP contribution in [0.2, 0.25) is 0 Å². The molecular weight excluding hydrogens is 400 g/mol. The number of nitrogens with one attached hydrogen (secondary N) is 2. The van der Waals surface area contributed by atoms with E-state index in [0.29, 0.717) is 23.0 Å². The van der Waals surface area contributed by atoms with Crippen LogP contribution in [0.15, 0.2) is 65.3 Å². The fourth-order valence-electron chi connectivity index (χ4n) is 3.41. The smallest absolute Gasteiger partial charge is 0.287 e. The Morgan fingerprint density at radius 2 is 1.90 bits per heavy atom. The molecule has 1 aliphatic rings. The summed E-state index contributed by atoms with van der Waals surface area (Å²) in [7, 11) is 0. The number of anilines is 1. The summed E-state index contributed by atoms with van der Waals surface area (Å²) < 4.78 is 17.5. The molecule has 0 spiro atoms. The Balaban J connectivity index is 1.34. The number of hydrogen-bond donors (Lipinski definition) is 2. The second-order valence-corrected chi connectivity index (χ2v) is 6.88. The Morgan fingerprint density at radius 1 is 1.03 bits per heavy atom. The van der Waals surface area contributed by atoms with Crippen molar-refractivity contribution in [2.75, 3.05) is 12.1 Å². The third kappa shape index (κ3) is 3.80. The highest BCUT2D eigenvalue weighted by Gasteiger charge is 2.17. The van der Waals surface area contributed by atoms with Crippen molar-refractivity contribution >= 4 is 28.5 Å². The summed E-state index contributed by atoms with van der Waals surface area (Å²) in [4.78, 5) is 29.6. The average molecular weight is 418 g/mol. The Bertz CT molecular complexity index is 1260. The maximum absolute atomic E-state index is 12.8. The SMILES string of the molecule is O=C(Cn1c(CNC(=O)c2ccco2)nc2ccccc21)Nc1ccc2c(c1)OCO2. The van der Waals surface area contributed by atoms with E-state index in [2.05, 4.69) is 15.6 Å². The Labute approximate surface area is 176 Å². The number of amides is 2. The van der Waals surface area contributed by atoms with Crippen LogP contribution in [-0.2, 0) is 17.9 Å². The molecule has 3 heterocycles. The predicted molar refractivity (Wildman–Crippen MR) is 111 cm³/mol. The molecule has 2 aromatic carbocycles. The molecular formula is C22H18N4O5.